The fraction of sp³-hybridized carbons (Fsp3) is 0.158. The van der Waals surface area contributed by atoms with E-state index in [1.54, 1.807) is 25.3 Å². The van der Waals surface area contributed by atoms with Crippen LogP contribution in [0.15, 0.2) is 41.1 Å². The van der Waals surface area contributed by atoms with Crippen LogP contribution in [0.5, 0.6) is 0 Å². The molecule has 0 atom stereocenters. The molecule has 1 aromatic carbocycles. The van der Waals surface area contributed by atoms with Gasteiger partial charge in [-0.2, -0.15) is 5.10 Å². The van der Waals surface area contributed by atoms with Crippen LogP contribution in [0.3, 0.4) is 0 Å². The first-order valence-corrected chi connectivity index (χ1v) is 9.50. The Labute approximate surface area is 175 Å². The van der Waals surface area contributed by atoms with Crippen LogP contribution >= 0.6 is 27.5 Å². The lowest BCUT2D eigenvalue weighted by Crippen LogP contribution is -2.23. The SMILES string of the molecule is CNC(=O)c1cc(Cl)cc(C)c1NC(=O)c1cc(Br)nn1-c1ncccc1C. The van der Waals surface area contributed by atoms with Crippen molar-refractivity contribution in [3.8, 4) is 5.82 Å². The summed E-state index contributed by atoms with van der Waals surface area (Å²) in [5.74, 6) is -0.243. The van der Waals surface area contributed by atoms with E-state index < -0.39 is 5.91 Å². The average molecular weight is 463 g/mol. The van der Waals surface area contributed by atoms with Crippen LogP contribution in [0, 0.1) is 13.8 Å². The molecule has 0 unspecified atom stereocenters. The van der Waals surface area contributed by atoms with Crippen LogP contribution in [-0.2, 0) is 0 Å². The molecule has 0 radical (unpaired) electrons. The van der Waals surface area contributed by atoms with Crippen LogP contribution in [0.2, 0.25) is 5.02 Å². The van der Waals surface area contributed by atoms with Gasteiger partial charge in [-0.3, -0.25) is 9.59 Å². The summed E-state index contributed by atoms with van der Waals surface area (Å²) in [4.78, 5) is 29.6. The Kier molecular flexibility index (Phi) is 5.81. The van der Waals surface area contributed by atoms with Gasteiger partial charge in [-0.1, -0.05) is 17.7 Å². The molecule has 2 N–H and O–H groups in total. The van der Waals surface area contributed by atoms with E-state index in [0.717, 1.165) is 5.56 Å². The van der Waals surface area contributed by atoms with Crippen molar-refractivity contribution in [2.45, 2.75) is 13.8 Å². The van der Waals surface area contributed by atoms with Gasteiger partial charge in [0.2, 0.25) is 0 Å². The molecular formula is C19H17BrClN5O2. The first-order valence-electron chi connectivity index (χ1n) is 8.33. The molecule has 2 amide bonds. The van der Waals surface area contributed by atoms with E-state index in [9.17, 15) is 9.59 Å². The number of hydrogen-bond acceptors (Lipinski definition) is 4. The third kappa shape index (κ3) is 3.93. The van der Waals surface area contributed by atoms with E-state index in [1.807, 2.05) is 19.1 Å². The molecule has 0 aliphatic carbocycles. The van der Waals surface area contributed by atoms with Crippen molar-refractivity contribution >= 4 is 45.0 Å². The second-order valence-corrected chi connectivity index (χ2v) is 7.34. The van der Waals surface area contributed by atoms with Crippen molar-refractivity contribution in [3.63, 3.8) is 0 Å². The van der Waals surface area contributed by atoms with Crippen molar-refractivity contribution < 1.29 is 9.59 Å². The molecule has 3 aromatic rings. The Hall–Kier alpha value is -2.71. The average Bonchev–Trinajstić information content (AvgIpc) is 3.05. The zero-order valence-electron chi connectivity index (χ0n) is 15.4. The minimum absolute atomic E-state index is 0.269. The van der Waals surface area contributed by atoms with Gasteiger partial charge in [-0.05, 0) is 59.1 Å². The highest BCUT2D eigenvalue weighted by atomic mass is 79.9. The predicted molar refractivity (Wildman–Crippen MR) is 111 cm³/mol. The number of aromatic nitrogens is 3. The molecule has 0 aliphatic heterocycles. The lowest BCUT2D eigenvalue weighted by Gasteiger charge is -2.14. The predicted octanol–water partition coefficient (Wildman–Crippen LogP) is 3.91. The number of nitrogens with zero attached hydrogens (tertiary/aromatic N) is 3. The van der Waals surface area contributed by atoms with Crippen LogP contribution in [-0.4, -0.2) is 33.6 Å². The van der Waals surface area contributed by atoms with E-state index in [-0.39, 0.29) is 17.2 Å². The Balaban J connectivity index is 2.05. The number of anilines is 1. The highest BCUT2D eigenvalue weighted by Crippen LogP contribution is 2.27. The number of carbonyl (C=O) groups is 2. The summed E-state index contributed by atoms with van der Waals surface area (Å²) in [6, 6.07) is 8.48. The number of benzene rings is 1. The standard InChI is InChI=1S/C19H17BrClN5O2/c1-10-5-4-6-23-17(10)26-14(9-15(20)25-26)19(28)24-16-11(2)7-12(21)8-13(16)18(27)22-3/h4-9H,1-3H3,(H,22,27)(H,24,28). The molecule has 9 heteroatoms. The van der Waals surface area contributed by atoms with Gasteiger partial charge in [-0.25, -0.2) is 9.67 Å². The monoisotopic (exact) mass is 461 g/mol. The van der Waals surface area contributed by atoms with Crippen molar-refractivity contribution in [2.75, 3.05) is 12.4 Å². The zero-order valence-corrected chi connectivity index (χ0v) is 17.7. The first-order chi connectivity index (χ1) is 13.3. The highest BCUT2D eigenvalue weighted by Gasteiger charge is 2.21. The summed E-state index contributed by atoms with van der Waals surface area (Å²) in [5, 5.41) is 10.1. The van der Waals surface area contributed by atoms with Crippen LogP contribution in [0.1, 0.15) is 32.0 Å². The quantitative estimate of drug-likeness (QED) is 0.615. The molecule has 7 nitrogen and oxygen atoms in total. The summed E-state index contributed by atoms with van der Waals surface area (Å²) in [6.45, 7) is 3.65. The molecule has 0 aliphatic rings. The minimum Gasteiger partial charge on any atom is -0.355 e. The normalized spacial score (nSPS) is 10.6. The molecule has 144 valence electrons. The van der Waals surface area contributed by atoms with Crippen LogP contribution in [0.25, 0.3) is 5.82 Å². The van der Waals surface area contributed by atoms with Crippen molar-refractivity contribution in [1.29, 1.82) is 0 Å². The van der Waals surface area contributed by atoms with Gasteiger partial charge in [0.1, 0.15) is 10.3 Å². The number of rotatable bonds is 4. The number of hydrogen-bond donors (Lipinski definition) is 2. The number of halogens is 2. The summed E-state index contributed by atoms with van der Waals surface area (Å²) >= 11 is 9.39. The molecule has 0 saturated heterocycles. The van der Waals surface area contributed by atoms with E-state index in [2.05, 4.69) is 36.6 Å². The molecule has 0 bridgehead atoms. The van der Waals surface area contributed by atoms with Gasteiger partial charge in [0.25, 0.3) is 11.8 Å². The Morgan fingerprint density at radius 3 is 2.57 bits per heavy atom. The number of carbonyl (C=O) groups excluding carboxylic acids is 2. The Morgan fingerprint density at radius 2 is 1.89 bits per heavy atom. The number of pyridine rings is 1. The topological polar surface area (TPSA) is 88.9 Å². The fourth-order valence-corrected chi connectivity index (χ4v) is 3.42. The summed E-state index contributed by atoms with van der Waals surface area (Å²) < 4.78 is 1.95. The van der Waals surface area contributed by atoms with Crippen molar-refractivity contribution in [2.24, 2.45) is 0 Å². The number of aryl methyl sites for hydroxylation is 2. The van der Waals surface area contributed by atoms with Crippen LogP contribution in [0.4, 0.5) is 5.69 Å². The van der Waals surface area contributed by atoms with E-state index in [1.165, 1.54) is 17.8 Å². The second-order valence-electron chi connectivity index (χ2n) is 6.09. The number of amides is 2. The van der Waals surface area contributed by atoms with Gasteiger partial charge in [0.15, 0.2) is 5.82 Å². The molecule has 2 aromatic heterocycles. The lowest BCUT2D eigenvalue weighted by atomic mass is 10.1. The fourth-order valence-electron chi connectivity index (χ4n) is 2.77. The Bertz CT molecular complexity index is 1080. The zero-order chi connectivity index (χ0) is 20.4. The molecule has 2 heterocycles. The van der Waals surface area contributed by atoms with Crippen molar-refractivity contribution in [1.82, 2.24) is 20.1 Å². The van der Waals surface area contributed by atoms with E-state index in [4.69, 9.17) is 11.6 Å². The third-order valence-electron chi connectivity index (χ3n) is 4.11. The van der Waals surface area contributed by atoms with Gasteiger partial charge in [0, 0.05) is 24.3 Å². The Morgan fingerprint density at radius 1 is 1.14 bits per heavy atom. The maximum Gasteiger partial charge on any atom is 0.274 e. The molecule has 3 rings (SSSR count). The van der Waals surface area contributed by atoms with Gasteiger partial charge in [0.05, 0.1) is 11.3 Å². The number of nitrogens with one attached hydrogen (secondary N) is 2. The second kappa shape index (κ2) is 8.12. The maximum absolute atomic E-state index is 13.0. The smallest absolute Gasteiger partial charge is 0.274 e. The first kappa shape index (κ1) is 20.0. The lowest BCUT2D eigenvalue weighted by molar-refractivity contribution is 0.0964. The highest BCUT2D eigenvalue weighted by molar-refractivity contribution is 9.10. The molecule has 28 heavy (non-hydrogen) atoms. The summed E-state index contributed by atoms with van der Waals surface area (Å²) in [7, 11) is 1.51. The summed E-state index contributed by atoms with van der Waals surface area (Å²) in [5.41, 5.74) is 2.46. The van der Waals surface area contributed by atoms with Gasteiger partial charge < -0.3 is 10.6 Å². The molecule has 0 spiro atoms. The molecule has 0 fully saturated rings. The van der Waals surface area contributed by atoms with Crippen LogP contribution < -0.4 is 10.6 Å². The van der Waals surface area contributed by atoms with E-state index in [0.29, 0.717) is 26.7 Å². The van der Waals surface area contributed by atoms with Gasteiger partial charge >= 0.3 is 0 Å². The largest absolute Gasteiger partial charge is 0.355 e. The third-order valence-corrected chi connectivity index (χ3v) is 4.71. The molecule has 0 saturated carbocycles. The molecular weight excluding hydrogens is 446 g/mol. The minimum atomic E-state index is -0.432. The van der Waals surface area contributed by atoms with Crippen molar-refractivity contribution in [3.05, 3.63) is 68.5 Å². The van der Waals surface area contributed by atoms with E-state index >= 15 is 0 Å². The summed E-state index contributed by atoms with van der Waals surface area (Å²) in [6.07, 6.45) is 1.63. The van der Waals surface area contributed by atoms with Gasteiger partial charge in [-0.15, -0.1) is 0 Å². The maximum atomic E-state index is 13.0.